The first-order chi connectivity index (χ1) is 11.1. The molecule has 0 bridgehead atoms. The van der Waals surface area contributed by atoms with E-state index in [-0.39, 0.29) is 0 Å². The van der Waals surface area contributed by atoms with Crippen molar-refractivity contribution in [3.8, 4) is 0 Å². The van der Waals surface area contributed by atoms with Crippen molar-refractivity contribution in [2.75, 3.05) is 19.6 Å². The van der Waals surface area contributed by atoms with Gasteiger partial charge in [-0.05, 0) is 55.8 Å². The van der Waals surface area contributed by atoms with E-state index in [4.69, 9.17) is 0 Å². The molecule has 0 amide bonds. The van der Waals surface area contributed by atoms with E-state index in [1.54, 1.807) is 12.7 Å². The van der Waals surface area contributed by atoms with Gasteiger partial charge in [0.05, 0.1) is 6.10 Å². The molecule has 0 saturated carbocycles. The molecule has 124 valence electrons. The van der Waals surface area contributed by atoms with Gasteiger partial charge in [-0.2, -0.15) is 5.10 Å². The summed E-state index contributed by atoms with van der Waals surface area (Å²) in [6.07, 6.45) is 5.35. The number of rotatable bonds is 5. The van der Waals surface area contributed by atoms with E-state index in [9.17, 15) is 5.11 Å². The summed E-state index contributed by atoms with van der Waals surface area (Å²) in [5.41, 5.74) is 3.53. The fourth-order valence-electron chi connectivity index (χ4n) is 3.38. The number of aryl methyl sites for hydroxylation is 2. The van der Waals surface area contributed by atoms with E-state index in [0.717, 1.165) is 25.2 Å². The number of hydrogen-bond acceptors (Lipinski definition) is 4. The lowest BCUT2D eigenvalue weighted by Crippen LogP contribution is -2.39. The molecule has 1 aliphatic heterocycles. The minimum absolute atomic E-state index is 0.417. The Bertz CT molecular complexity index is 626. The van der Waals surface area contributed by atoms with Gasteiger partial charge in [-0.1, -0.05) is 18.2 Å². The number of aliphatic hydroxyl groups is 1. The number of hydrogen-bond donors (Lipinski definition) is 1. The maximum absolute atomic E-state index is 10.6. The molecule has 5 nitrogen and oxygen atoms in total. The van der Waals surface area contributed by atoms with E-state index in [0.29, 0.717) is 12.5 Å². The van der Waals surface area contributed by atoms with Crippen LogP contribution in [-0.4, -0.2) is 44.4 Å². The molecule has 2 atom stereocenters. The van der Waals surface area contributed by atoms with Crippen molar-refractivity contribution >= 4 is 0 Å². The lowest BCUT2D eigenvalue weighted by molar-refractivity contribution is 0.0799. The fourth-order valence-corrected chi connectivity index (χ4v) is 3.38. The number of aliphatic hydroxyl groups excluding tert-OH is 1. The molecule has 1 saturated heterocycles. The zero-order chi connectivity index (χ0) is 16.2. The second kappa shape index (κ2) is 7.23. The Balaban J connectivity index is 1.57. The number of benzene rings is 1. The summed E-state index contributed by atoms with van der Waals surface area (Å²) in [5, 5.41) is 14.8. The topological polar surface area (TPSA) is 54.2 Å². The molecule has 1 aromatic heterocycles. The van der Waals surface area contributed by atoms with Gasteiger partial charge in [0, 0.05) is 19.6 Å². The molecule has 2 heterocycles. The predicted molar refractivity (Wildman–Crippen MR) is 90.1 cm³/mol. The Morgan fingerprint density at radius 2 is 2.17 bits per heavy atom. The SMILES string of the molecule is Cc1ccc(C(O)CN2CCCC(Cn3cncn3)C2)cc1C. The van der Waals surface area contributed by atoms with Gasteiger partial charge >= 0.3 is 0 Å². The lowest BCUT2D eigenvalue weighted by Gasteiger charge is -2.34. The van der Waals surface area contributed by atoms with Crippen LogP contribution in [0.15, 0.2) is 30.9 Å². The predicted octanol–water partition coefficient (Wildman–Crippen LogP) is 2.34. The molecule has 3 rings (SSSR count). The largest absolute Gasteiger partial charge is 0.387 e. The van der Waals surface area contributed by atoms with Crippen LogP contribution in [-0.2, 0) is 6.54 Å². The van der Waals surface area contributed by atoms with Crippen molar-refractivity contribution in [3.05, 3.63) is 47.5 Å². The monoisotopic (exact) mass is 314 g/mol. The number of likely N-dealkylation sites (tertiary alicyclic amines) is 1. The molecule has 5 heteroatoms. The molecule has 0 spiro atoms. The summed E-state index contributed by atoms with van der Waals surface area (Å²) in [6, 6.07) is 6.25. The summed E-state index contributed by atoms with van der Waals surface area (Å²) < 4.78 is 1.91. The quantitative estimate of drug-likeness (QED) is 0.920. The summed E-state index contributed by atoms with van der Waals surface area (Å²) in [7, 11) is 0. The van der Waals surface area contributed by atoms with Crippen LogP contribution < -0.4 is 0 Å². The highest BCUT2D eigenvalue weighted by Crippen LogP contribution is 2.22. The Hall–Kier alpha value is -1.72. The zero-order valence-electron chi connectivity index (χ0n) is 14.0. The third-order valence-corrected chi connectivity index (χ3v) is 4.86. The van der Waals surface area contributed by atoms with Crippen LogP contribution in [0.3, 0.4) is 0 Å². The molecule has 2 unspecified atom stereocenters. The summed E-state index contributed by atoms with van der Waals surface area (Å²) in [4.78, 5) is 6.39. The van der Waals surface area contributed by atoms with E-state index in [1.165, 1.54) is 24.0 Å². The highest BCUT2D eigenvalue weighted by Gasteiger charge is 2.23. The van der Waals surface area contributed by atoms with E-state index in [2.05, 4.69) is 41.0 Å². The maximum Gasteiger partial charge on any atom is 0.137 e. The average molecular weight is 314 g/mol. The van der Waals surface area contributed by atoms with Crippen molar-refractivity contribution in [3.63, 3.8) is 0 Å². The number of piperidine rings is 1. The molecule has 0 aliphatic carbocycles. The molecular weight excluding hydrogens is 288 g/mol. The van der Waals surface area contributed by atoms with Gasteiger partial charge < -0.3 is 10.0 Å². The van der Waals surface area contributed by atoms with Gasteiger partial charge in [0.15, 0.2) is 0 Å². The summed E-state index contributed by atoms with van der Waals surface area (Å²) in [5.74, 6) is 0.581. The zero-order valence-corrected chi connectivity index (χ0v) is 14.0. The molecule has 1 aliphatic rings. The number of β-amino-alcohol motifs (C(OH)–C–C–N with tert-alkyl or cyclic N) is 1. The van der Waals surface area contributed by atoms with E-state index < -0.39 is 6.10 Å². The van der Waals surface area contributed by atoms with Gasteiger partial charge in [0.2, 0.25) is 0 Å². The highest BCUT2D eigenvalue weighted by atomic mass is 16.3. The first-order valence-corrected chi connectivity index (χ1v) is 8.42. The second-order valence-electron chi connectivity index (χ2n) is 6.74. The van der Waals surface area contributed by atoms with Crippen LogP contribution >= 0.6 is 0 Å². The smallest absolute Gasteiger partial charge is 0.137 e. The molecule has 1 aromatic carbocycles. The minimum Gasteiger partial charge on any atom is -0.387 e. The lowest BCUT2D eigenvalue weighted by atomic mass is 9.96. The Kier molecular flexibility index (Phi) is 5.08. The van der Waals surface area contributed by atoms with Crippen LogP contribution in [0.5, 0.6) is 0 Å². The molecule has 23 heavy (non-hydrogen) atoms. The standard InChI is InChI=1S/C18H26N4O/c1-14-5-6-17(8-15(14)2)18(23)11-21-7-3-4-16(9-21)10-22-13-19-12-20-22/h5-6,8,12-13,16,18,23H,3-4,7,9-11H2,1-2H3. The Morgan fingerprint density at radius 3 is 2.91 bits per heavy atom. The van der Waals surface area contributed by atoms with Crippen molar-refractivity contribution in [2.24, 2.45) is 5.92 Å². The third-order valence-electron chi connectivity index (χ3n) is 4.86. The minimum atomic E-state index is -0.417. The van der Waals surface area contributed by atoms with Crippen molar-refractivity contribution in [1.82, 2.24) is 19.7 Å². The van der Waals surface area contributed by atoms with Crippen LogP contribution in [0.25, 0.3) is 0 Å². The summed E-state index contributed by atoms with van der Waals surface area (Å²) >= 11 is 0. The maximum atomic E-state index is 10.6. The molecule has 0 radical (unpaired) electrons. The Morgan fingerprint density at radius 1 is 1.30 bits per heavy atom. The number of nitrogens with zero attached hydrogens (tertiary/aromatic N) is 4. The first-order valence-electron chi connectivity index (χ1n) is 8.42. The second-order valence-corrected chi connectivity index (χ2v) is 6.74. The summed E-state index contributed by atoms with van der Waals surface area (Å²) in [6.45, 7) is 7.90. The molecular formula is C18H26N4O. The van der Waals surface area contributed by atoms with Crippen LogP contribution in [0, 0.1) is 19.8 Å². The van der Waals surface area contributed by atoms with E-state index in [1.807, 2.05) is 10.7 Å². The van der Waals surface area contributed by atoms with Crippen molar-refractivity contribution in [2.45, 2.75) is 39.3 Å². The third kappa shape index (κ3) is 4.18. The van der Waals surface area contributed by atoms with Crippen molar-refractivity contribution < 1.29 is 5.11 Å². The Labute approximate surface area is 138 Å². The molecule has 1 N–H and O–H groups in total. The van der Waals surface area contributed by atoms with Gasteiger partial charge in [0.1, 0.15) is 12.7 Å². The van der Waals surface area contributed by atoms with Crippen LogP contribution in [0.2, 0.25) is 0 Å². The van der Waals surface area contributed by atoms with Gasteiger partial charge in [0.25, 0.3) is 0 Å². The van der Waals surface area contributed by atoms with Crippen molar-refractivity contribution in [1.29, 1.82) is 0 Å². The molecule has 1 fully saturated rings. The number of aromatic nitrogens is 3. The van der Waals surface area contributed by atoms with E-state index >= 15 is 0 Å². The van der Waals surface area contributed by atoms with Crippen LogP contribution in [0.1, 0.15) is 35.6 Å². The average Bonchev–Trinajstić information content (AvgIpc) is 3.03. The van der Waals surface area contributed by atoms with Gasteiger partial charge in [-0.3, -0.25) is 4.68 Å². The molecule has 2 aromatic rings. The van der Waals surface area contributed by atoms with Gasteiger partial charge in [-0.25, -0.2) is 4.98 Å². The van der Waals surface area contributed by atoms with Crippen LogP contribution in [0.4, 0.5) is 0 Å². The van der Waals surface area contributed by atoms with Gasteiger partial charge in [-0.15, -0.1) is 0 Å². The fraction of sp³-hybridized carbons (Fsp3) is 0.556. The normalized spacial score (nSPS) is 20.6. The first kappa shape index (κ1) is 16.1. The highest BCUT2D eigenvalue weighted by molar-refractivity contribution is 5.31.